The zero-order valence-electron chi connectivity index (χ0n) is 11.4. The van der Waals surface area contributed by atoms with Gasteiger partial charge in [0, 0.05) is 24.6 Å². The van der Waals surface area contributed by atoms with E-state index in [-0.39, 0.29) is 0 Å². The lowest BCUT2D eigenvalue weighted by molar-refractivity contribution is 0.0692. The number of thiophene rings is 1. The Morgan fingerprint density at radius 3 is 3.16 bits per heavy atom. The van der Waals surface area contributed by atoms with Crippen LogP contribution >= 0.6 is 27.3 Å². The molecule has 3 nitrogen and oxygen atoms in total. The summed E-state index contributed by atoms with van der Waals surface area (Å²) in [5.74, 6) is 0. The Hall–Kier alpha value is 0.0600. The van der Waals surface area contributed by atoms with Crippen molar-refractivity contribution in [2.45, 2.75) is 31.7 Å². The van der Waals surface area contributed by atoms with Gasteiger partial charge < -0.3 is 14.8 Å². The molecule has 0 saturated heterocycles. The van der Waals surface area contributed by atoms with E-state index in [9.17, 15) is 0 Å². The Kier molecular flexibility index (Phi) is 6.81. The predicted octanol–water partition coefficient (Wildman–Crippen LogP) is 3.53. The molecule has 1 heterocycles. The van der Waals surface area contributed by atoms with Crippen molar-refractivity contribution in [2.24, 2.45) is 0 Å². The van der Waals surface area contributed by atoms with Gasteiger partial charge in [0.15, 0.2) is 0 Å². The van der Waals surface area contributed by atoms with Gasteiger partial charge in [0.25, 0.3) is 0 Å². The maximum atomic E-state index is 5.47. The topological polar surface area (TPSA) is 30.5 Å². The Labute approximate surface area is 127 Å². The smallest absolute Gasteiger partial charge is 0.0704 e. The molecule has 1 aromatic rings. The minimum absolute atomic E-state index is 0.533. The second-order valence-electron chi connectivity index (χ2n) is 4.79. The molecule has 0 saturated carbocycles. The molecular formula is C14H22BrNO2S. The quantitative estimate of drug-likeness (QED) is 0.729. The summed E-state index contributed by atoms with van der Waals surface area (Å²) >= 11 is 5.48. The number of fused-ring (bicyclic) bond motifs is 1. The zero-order chi connectivity index (χ0) is 13.5. The van der Waals surface area contributed by atoms with Crippen molar-refractivity contribution in [1.82, 2.24) is 5.32 Å². The van der Waals surface area contributed by atoms with Crippen LogP contribution in [-0.4, -0.2) is 33.5 Å². The number of hydrogen-bond acceptors (Lipinski definition) is 4. The number of ether oxygens (including phenoxy) is 2. The molecule has 5 heteroatoms. The number of nitrogens with one attached hydrogen (secondary N) is 1. The molecule has 1 aromatic heterocycles. The molecule has 0 bridgehead atoms. The maximum absolute atomic E-state index is 5.47. The number of halogens is 1. The molecule has 1 N–H and O–H groups in total. The molecular weight excluding hydrogens is 326 g/mol. The van der Waals surface area contributed by atoms with Crippen LogP contribution in [0.15, 0.2) is 9.85 Å². The van der Waals surface area contributed by atoms with Gasteiger partial charge in [0.2, 0.25) is 0 Å². The molecule has 1 atom stereocenters. The molecule has 0 radical (unpaired) electrons. The van der Waals surface area contributed by atoms with Gasteiger partial charge >= 0.3 is 0 Å². The third-order valence-electron chi connectivity index (χ3n) is 3.37. The van der Waals surface area contributed by atoms with E-state index in [1.807, 2.05) is 11.3 Å². The van der Waals surface area contributed by atoms with Crippen LogP contribution in [0.25, 0.3) is 0 Å². The average Bonchev–Trinajstić information content (AvgIpc) is 2.78. The summed E-state index contributed by atoms with van der Waals surface area (Å²) in [6.07, 6.45) is 4.84. The Morgan fingerprint density at radius 2 is 2.32 bits per heavy atom. The molecule has 0 spiro atoms. The summed E-state index contributed by atoms with van der Waals surface area (Å²) < 4.78 is 11.7. The van der Waals surface area contributed by atoms with Crippen molar-refractivity contribution in [1.29, 1.82) is 0 Å². The van der Waals surface area contributed by atoms with Crippen molar-refractivity contribution in [2.75, 3.05) is 33.5 Å². The fourth-order valence-electron chi connectivity index (χ4n) is 2.43. The number of aryl methyl sites for hydroxylation is 1. The van der Waals surface area contributed by atoms with Gasteiger partial charge in [-0.2, -0.15) is 0 Å². The fraction of sp³-hybridized carbons (Fsp3) is 0.714. The van der Waals surface area contributed by atoms with Crippen LogP contribution < -0.4 is 5.32 Å². The van der Waals surface area contributed by atoms with Crippen LogP contribution in [0.5, 0.6) is 0 Å². The molecule has 2 rings (SSSR count). The summed E-state index contributed by atoms with van der Waals surface area (Å²) in [6, 6.07) is 2.82. The summed E-state index contributed by atoms with van der Waals surface area (Å²) in [6.45, 7) is 3.21. The first-order valence-corrected chi connectivity index (χ1v) is 8.50. The van der Waals surface area contributed by atoms with Gasteiger partial charge in [0.1, 0.15) is 0 Å². The second-order valence-corrected chi connectivity index (χ2v) is 7.30. The van der Waals surface area contributed by atoms with E-state index >= 15 is 0 Å². The van der Waals surface area contributed by atoms with E-state index in [2.05, 4.69) is 27.3 Å². The molecule has 1 aliphatic carbocycles. The lowest BCUT2D eigenvalue weighted by Crippen LogP contribution is -2.26. The minimum Gasteiger partial charge on any atom is -0.382 e. The van der Waals surface area contributed by atoms with E-state index in [1.165, 1.54) is 28.6 Å². The summed E-state index contributed by atoms with van der Waals surface area (Å²) in [7, 11) is 1.70. The summed E-state index contributed by atoms with van der Waals surface area (Å²) in [5, 5.41) is 3.66. The van der Waals surface area contributed by atoms with Crippen LogP contribution in [0.2, 0.25) is 0 Å². The summed E-state index contributed by atoms with van der Waals surface area (Å²) in [5.41, 5.74) is 1.50. The first-order chi connectivity index (χ1) is 9.31. The number of rotatable bonds is 8. The van der Waals surface area contributed by atoms with Crippen molar-refractivity contribution in [3.63, 3.8) is 0 Å². The molecule has 0 aromatic carbocycles. The second kappa shape index (κ2) is 8.37. The van der Waals surface area contributed by atoms with Gasteiger partial charge in [0.05, 0.1) is 17.0 Å². The van der Waals surface area contributed by atoms with E-state index in [1.54, 1.807) is 12.0 Å². The first-order valence-electron chi connectivity index (χ1n) is 6.89. The number of methoxy groups -OCH3 is 1. The summed E-state index contributed by atoms with van der Waals surface area (Å²) in [4.78, 5) is 1.55. The highest BCUT2D eigenvalue weighted by Gasteiger charge is 2.21. The van der Waals surface area contributed by atoms with Crippen molar-refractivity contribution >= 4 is 27.3 Å². The molecule has 19 heavy (non-hydrogen) atoms. The van der Waals surface area contributed by atoms with E-state index in [0.29, 0.717) is 19.3 Å². The molecule has 1 unspecified atom stereocenters. The molecule has 0 aliphatic heterocycles. The van der Waals surface area contributed by atoms with Crippen molar-refractivity contribution in [3.05, 3.63) is 20.3 Å². The zero-order valence-corrected chi connectivity index (χ0v) is 13.8. The van der Waals surface area contributed by atoms with Gasteiger partial charge in [-0.1, -0.05) is 0 Å². The number of hydrogen-bond donors (Lipinski definition) is 1. The molecule has 1 aliphatic rings. The SMILES string of the molecule is COCCOCCCNC1CCCc2sc(Br)cc21. The van der Waals surface area contributed by atoms with Gasteiger partial charge in [-0.25, -0.2) is 0 Å². The van der Waals surface area contributed by atoms with Crippen LogP contribution in [0, 0.1) is 0 Å². The highest BCUT2D eigenvalue weighted by Crippen LogP contribution is 2.37. The van der Waals surface area contributed by atoms with Crippen LogP contribution in [0.1, 0.15) is 35.7 Å². The minimum atomic E-state index is 0.533. The predicted molar refractivity (Wildman–Crippen MR) is 83.0 cm³/mol. The molecule has 0 amide bonds. The van der Waals surface area contributed by atoms with Crippen molar-refractivity contribution in [3.8, 4) is 0 Å². The highest BCUT2D eigenvalue weighted by atomic mass is 79.9. The van der Waals surface area contributed by atoms with E-state index in [4.69, 9.17) is 9.47 Å². The average molecular weight is 348 g/mol. The van der Waals surface area contributed by atoms with Gasteiger partial charge in [-0.3, -0.25) is 0 Å². The lowest BCUT2D eigenvalue weighted by atomic mass is 9.94. The third-order valence-corrected chi connectivity index (χ3v) is 5.09. The lowest BCUT2D eigenvalue weighted by Gasteiger charge is -2.23. The molecule has 108 valence electrons. The monoisotopic (exact) mass is 347 g/mol. The van der Waals surface area contributed by atoms with Gasteiger partial charge in [-0.05, 0) is 59.8 Å². The standard InChI is InChI=1S/C14H22BrNO2S/c1-17-8-9-18-7-3-6-16-12-4-2-5-13-11(12)10-14(15)19-13/h10,12,16H,2-9H2,1H3. The van der Waals surface area contributed by atoms with E-state index in [0.717, 1.165) is 19.6 Å². The normalized spacial score (nSPS) is 18.5. The Balaban J connectivity index is 1.67. The van der Waals surface area contributed by atoms with Crippen LogP contribution in [0.3, 0.4) is 0 Å². The molecule has 0 fully saturated rings. The maximum Gasteiger partial charge on any atom is 0.0704 e. The van der Waals surface area contributed by atoms with Gasteiger partial charge in [-0.15, -0.1) is 11.3 Å². The Bertz CT molecular complexity index is 384. The highest BCUT2D eigenvalue weighted by molar-refractivity contribution is 9.11. The third kappa shape index (κ3) is 4.83. The van der Waals surface area contributed by atoms with Crippen molar-refractivity contribution < 1.29 is 9.47 Å². The van der Waals surface area contributed by atoms with E-state index < -0.39 is 0 Å². The largest absolute Gasteiger partial charge is 0.382 e. The van der Waals surface area contributed by atoms with Crippen LogP contribution in [0.4, 0.5) is 0 Å². The van der Waals surface area contributed by atoms with Crippen LogP contribution in [-0.2, 0) is 15.9 Å². The first kappa shape index (κ1) is 15.4. The fourth-order valence-corrected chi connectivity index (χ4v) is 4.25. The Morgan fingerprint density at radius 1 is 1.42 bits per heavy atom.